The molecule has 0 spiro atoms. The van der Waals surface area contributed by atoms with Gasteiger partial charge >= 0.3 is 0 Å². The number of nitrogens with zero attached hydrogens (tertiary/aromatic N) is 5. The highest BCUT2D eigenvalue weighted by atomic mass is 19.1. The van der Waals surface area contributed by atoms with Gasteiger partial charge in [-0.25, -0.2) is 4.39 Å². The third-order valence-corrected chi connectivity index (χ3v) is 7.54. The van der Waals surface area contributed by atoms with E-state index >= 15 is 0 Å². The molecule has 3 aromatic rings. The highest BCUT2D eigenvalue weighted by molar-refractivity contribution is 5.97. The van der Waals surface area contributed by atoms with E-state index in [-0.39, 0.29) is 23.2 Å². The largest absolute Gasteiger partial charge is 0.311 e. The van der Waals surface area contributed by atoms with Crippen LogP contribution in [0.1, 0.15) is 43.3 Å². The lowest BCUT2D eigenvalue weighted by Gasteiger charge is -2.39. The predicted octanol–water partition coefficient (Wildman–Crippen LogP) is 3.07. The van der Waals surface area contributed by atoms with E-state index < -0.39 is 0 Å². The summed E-state index contributed by atoms with van der Waals surface area (Å²) in [5.74, 6) is -0.132. The first-order chi connectivity index (χ1) is 17.2. The Labute approximate surface area is 212 Å². The van der Waals surface area contributed by atoms with Gasteiger partial charge < -0.3 is 10.2 Å². The Morgan fingerprint density at radius 2 is 2.00 bits per heavy atom. The van der Waals surface area contributed by atoms with Gasteiger partial charge in [-0.2, -0.15) is 5.10 Å². The van der Waals surface area contributed by atoms with Crippen molar-refractivity contribution in [2.24, 2.45) is 7.05 Å². The molecule has 7 nitrogen and oxygen atoms in total. The molecule has 190 valence electrons. The zero-order valence-corrected chi connectivity index (χ0v) is 21.5. The molecule has 1 aromatic carbocycles. The second kappa shape index (κ2) is 9.75. The van der Waals surface area contributed by atoms with Crippen molar-refractivity contribution in [1.82, 2.24) is 25.0 Å². The molecule has 36 heavy (non-hydrogen) atoms. The van der Waals surface area contributed by atoms with Gasteiger partial charge in [0.15, 0.2) is 0 Å². The van der Waals surface area contributed by atoms with E-state index in [9.17, 15) is 9.18 Å². The fourth-order valence-corrected chi connectivity index (χ4v) is 5.46. The van der Waals surface area contributed by atoms with Crippen LogP contribution in [0.3, 0.4) is 0 Å². The number of rotatable bonds is 6. The SMILES string of the molecule is C[C@@H]1CN(CC(=O)N2CC(C)(C)c3cnc(Cc4ccc(F)cc4)cc32)[C@@H](Cc2ccnn2C)CN1. The van der Waals surface area contributed by atoms with Crippen molar-refractivity contribution in [2.45, 2.75) is 51.1 Å². The smallest absolute Gasteiger partial charge is 0.241 e. The topological polar surface area (TPSA) is 66.3 Å². The van der Waals surface area contributed by atoms with Crippen LogP contribution in [0.2, 0.25) is 0 Å². The minimum absolute atomic E-state index is 0.116. The van der Waals surface area contributed by atoms with Gasteiger partial charge in [-0.3, -0.25) is 19.4 Å². The number of amides is 1. The Balaban J connectivity index is 1.36. The summed E-state index contributed by atoms with van der Waals surface area (Å²) in [4.78, 5) is 22.7. The number of nitrogens with one attached hydrogen (secondary N) is 1. The first kappa shape index (κ1) is 24.6. The summed E-state index contributed by atoms with van der Waals surface area (Å²) in [6.45, 7) is 9.17. The van der Waals surface area contributed by atoms with Crippen molar-refractivity contribution in [3.05, 3.63) is 77.1 Å². The maximum absolute atomic E-state index is 13.8. The van der Waals surface area contributed by atoms with Crippen LogP contribution >= 0.6 is 0 Å². The zero-order chi connectivity index (χ0) is 25.4. The van der Waals surface area contributed by atoms with Gasteiger partial charge in [0.2, 0.25) is 5.91 Å². The van der Waals surface area contributed by atoms with Crippen molar-refractivity contribution in [3.63, 3.8) is 0 Å². The molecule has 1 saturated heterocycles. The highest BCUT2D eigenvalue weighted by Gasteiger charge is 2.39. The summed E-state index contributed by atoms with van der Waals surface area (Å²) in [6.07, 6.45) is 5.18. The monoisotopic (exact) mass is 490 g/mol. The second-order valence-electron chi connectivity index (χ2n) is 10.9. The Morgan fingerprint density at radius 1 is 1.22 bits per heavy atom. The lowest BCUT2D eigenvalue weighted by molar-refractivity contribution is -0.120. The fourth-order valence-electron chi connectivity index (χ4n) is 5.46. The van der Waals surface area contributed by atoms with Gasteiger partial charge in [0, 0.05) is 86.4 Å². The van der Waals surface area contributed by atoms with E-state index in [0.717, 1.165) is 47.7 Å². The molecule has 2 aromatic heterocycles. The first-order valence-corrected chi connectivity index (χ1v) is 12.7. The third kappa shape index (κ3) is 5.06. The molecule has 0 saturated carbocycles. The van der Waals surface area contributed by atoms with E-state index in [4.69, 9.17) is 0 Å². The van der Waals surface area contributed by atoms with E-state index in [1.807, 2.05) is 41.2 Å². The summed E-state index contributed by atoms with van der Waals surface area (Å²) >= 11 is 0. The van der Waals surface area contributed by atoms with Crippen LogP contribution in [0.4, 0.5) is 10.1 Å². The molecule has 0 aliphatic carbocycles. The summed E-state index contributed by atoms with van der Waals surface area (Å²) < 4.78 is 15.2. The van der Waals surface area contributed by atoms with Crippen LogP contribution in [-0.2, 0) is 30.1 Å². The number of halogens is 1. The Bertz CT molecular complexity index is 1240. The predicted molar refractivity (Wildman–Crippen MR) is 139 cm³/mol. The number of anilines is 1. The fraction of sp³-hybridized carbons (Fsp3) is 0.464. The summed E-state index contributed by atoms with van der Waals surface area (Å²) in [5, 5.41) is 7.88. The molecule has 8 heteroatoms. The second-order valence-corrected chi connectivity index (χ2v) is 10.9. The summed E-state index contributed by atoms with van der Waals surface area (Å²) in [5.41, 5.74) is 4.91. The van der Waals surface area contributed by atoms with E-state index in [1.54, 1.807) is 12.1 Å². The first-order valence-electron chi connectivity index (χ1n) is 12.7. The van der Waals surface area contributed by atoms with Gasteiger partial charge in [0.05, 0.1) is 12.2 Å². The molecule has 0 radical (unpaired) electrons. The number of fused-ring (bicyclic) bond motifs is 1. The number of hydrogen-bond donors (Lipinski definition) is 1. The maximum Gasteiger partial charge on any atom is 0.241 e. The van der Waals surface area contributed by atoms with Crippen molar-refractivity contribution in [1.29, 1.82) is 0 Å². The number of aryl methyl sites for hydroxylation is 1. The molecule has 0 bridgehead atoms. The molecule has 0 unspecified atom stereocenters. The minimum Gasteiger partial charge on any atom is -0.311 e. The summed E-state index contributed by atoms with van der Waals surface area (Å²) in [6, 6.07) is 11.1. The highest BCUT2D eigenvalue weighted by Crippen LogP contribution is 2.40. The Kier molecular flexibility index (Phi) is 6.66. The van der Waals surface area contributed by atoms with E-state index in [2.05, 4.69) is 41.1 Å². The lowest BCUT2D eigenvalue weighted by Crippen LogP contribution is -2.58. The third-order valence-electron chi connectivity index (χ3n) is 7.54. The molecule has 5 rings (SSSR count). The van der Waals surface area contributed by atoms with Crippen LogP contribution in [0.15, 0.2) is 48.8 Å². The average Bonchev–Trinajstić information content (AvgIpc) is 3.36. The standard InChI is InChI=1S/C28H35FN6O/c1-19-16-34(24(14-30-19)13-23-9-10-32-33(23)4)17-27(36)35-18-28(2,3)25-15-31-22(12-26(25)35)11-20-5-7-21(29)8-6-20/h5-10,12,15,19,24,30H,11,13-14,16-18H2,1-4H3/t19-,24+/m1/s1. The lowest BCUT2D eigenvalue weighted by atomic mass is 9.88. The number of carbonyl (C=O) groups is 1. The molecule has 4 heterocycles. The molecule has 2 atom stereocenters. The van der Waals surface area contributed by atoms with Crippen LogP contribution in [0.25, 0.3) is 0 Å². The van der Waals surface area contributed by atoms with Crippen LogP contribution < -0.4 is 10.2 Å². The number of pyridine rings is 1. The molecule has 1 fully saturated rings. The van der Waals surface area contributed by atoms with Crippen molar-refractivity contribution >= 4 is 11.6 Å². The van der Waals surface area contributed by atoms with Gasteiger partial charge in [0.25, 0.3) is 0 Å². The van der Waals surface area contributed by atoms with E-state index in [1.165, 1.54) is 12.1 Å². The molecule has 1 amide bonds. The van der Waals surface area contributed by atoms with Gasteiger partial charge in [-0.15, -0.1) is 0 Å². The average molecular weight is 491 g/mol. The maximum atomic E-state index is 13.8. The molecule has 2 aliphatic rings. The number of piperazine rings is 1. The van der Waals surface area contributed by atoms with Crippen LogP contribution in [0.5, 0.6) is 0 Å². The Hall–Kier alpha value is -3.10. The number of hydrogen-bond acceptors (Lipinski definition) is 5. The van der Waals surface area contributed by atoms with Gasteiger partial charge in [-0.1, -0.05) is 26.0 Å². The minimum atomic E-state index is -0.247. The van der Waals surface area contributed by atoms with Crippen molar-refractivity contribution in [2.75, 3.05) is 31.1 Å². The number of carbonyl (C=O) groups excluding carboxylic acids is 1. The number of aromatic nitrogens is 3. The van der Waals surface area contributed by atoms with Crippen molar-refractivity contribution in [3.8, 4) is 0 Å². The Morgan fingerprint density at radius 3 is 2.72 bits per heavy atom. The zero-order valence-electron chi connectivity index (χ0n) is 21.5. The summed E-state index contributed by atoms with van der Waals surface area (Å²) in [7, 11) is 1.96. The van der Waals surface area contributed by atoms with Crippen LogP contribution in [0, 0.1) is 5.82 Å². The van der Waals surface area contributed by atoms with Crippen LogP contribution in [-0.4, -0.2) is 63.8 Å². The van der Waals surface area contributed by atoms with Gasteiger partial charge in [0.1, 0.15) is 5.82 Å². The van der Waals surface area contributed by atoms with Crippen molar-refractivity contribution < 1.29 is 9.18 Å². The molecular weight excluding hydrogens is 455 g/mol. The normalized spacial score (nSPS) is 21.5. The number of benzene rings is 1. The molecule has 1 N–H and O–H groups in total. The molecular formula is C28H35FN6O. The van der Waals surface area contributed by atoms with Gasteiger partial charge in [-0.05, 0) is 36.8 Å². The molecule has 2 aliphatic heterocycles. The quantitative estimate of drug-likeness (QED) is 0.575. The van der Waals surface area contributed by atoms with E-state index in [0.29, 0.717) is 25.6 Å².